The van der Waals surface area contributed by atoms with Gasteiger partial charge in [0.05, 0.1) is 17.7 Å². The molecule has 2 rings (SSSR count). The first-order valence-corrected chi connectivity index (χ1v) is 9.86. The first-order valence-electron chi connectivity index (χ1n) is 9.86. The highest BCUT2D eigenvalue weighted by Gasteiger charge is 2.79. The number of hydrogen-bond acceptors (Lipinski definition) is 4. The van der Waals surface area contributed by atoms with Gasteiger partial charge in [0.25, 0.3) is 0 Å². The lowest BCUT2D eigenvalue weighted by atomic mass is 9.87. The van der Waals surface area contributed by atoms with Gasteiger partial charge in [-0.15, -0.1) is 8.78 Å². The number of aliphatic hydroxyl groups is 3. The van der Waals surface area contributed by atoms with Crippen LogP contribution in [-0.2, 0) is 12.8 Å². The van der Waals surface area contributed by atoms with Gasteiger partial charge in [0.15, 0.2) is 0 Å². The second-order valence-electron chi connectivity index (χ2n) is 8.98. The fourth-order valence-electron chi connectivity index (χ4n) is 3.63. The van der Waals surface area contributed by atoms with E-state index in [1.807, 2.05) is 0 Å². The predicted octanol–water partition coefficient (Wildman–Crippen LogP) is 1.72. The van der Waals surface area contributed by atoms with Crippen molar-refractivity contribution in [3.8, 4) is 5.75 Å². The zero-order valence-corrected chi connectivity index (χ0v) is 17.7. The maximum atomic E-state index is 14.4. The van der Waals surface area contributed by atoms with Crippen LogP contribution in [0.2, 0.25) is 0 Å². The number of hydrogen-bond donors (Lipinski definition) is 4. The largest absolute Gasteiger partial charge is 0.490 e. The molecule has 0 aromatic heterocycles. The zero-order valence-electron chi connectivity index (χ0n) is 17.7. The predicted molar refractivity (Wildman–Crippen MR) is 98.9 cm³/mol. The molecule has 184 valence electrons. The van der Waals surface area contributed by atoms with E-state index in [0.717, 1.165) is 20.8 Å². The van der Waals surface area contributed by atoms with Gasteiger partial charge in [0.2, 0.25) is 0 Å². The van der Waals surface area contributed by atoms with Crippen LogP contribution in [-0.4, -0.2) is 70.5 Å². The Hall–Kier alpha value is -1.63. The molecule has 0 radical (unpaired) electrons. The topological polar surface area (TPSA) is 74.4 Å². The summed E-state index contributed by atoms with van der Waals surface area (Å²) in [5.74, 6) is -6.14. The molecule has 0 fully saturated rings. The molecule has 0 saturated carbocycles. The van der Waals surface area contributed by atoms with Gasteiger partial charge >= 0.3 is 18.1 Å². The van der Waals surface area contributed by atoms with E-state index in [0.29, 0.717) is 11.1 Å². The van der Waals surface area contributed by atoms with Gasteiger partial charge in [-0.05, 0) is 32.4 Å². The number of ether oxygens (including phenoxy) is 1. The van der Waals surface area contributed by atoms with Crippen molar-refractivity contribution in [3.05, 3.63) is 29.3 Å². The SMILES string of the molecule is CC(C)(C)[NH+](CC(O)COc1cccc2c1CC(O)C(O)C2)C(F)(F)C(F)(F)C(F)(F)F. The Morgan fingerprint density at radius 3 is 2.09 bits per heavy atom. The normalized spacial score (nSPS) is 22.3. The van der Waals surface area contributed by atoms with Gasteiger partial charge in [-0.3, -0.25) is 4.90 Å². The minimum Gasteiger partial charge on any atom is -0.490 e. The van der Waals surface area contributed by atoms with E-state index in [4.69, 9.17) is 4.74 Å². The first kappa shape index (κ1) is 26.6. The van der Waals surface area contributed by atoms with Gasteiger partial charge in [-0.2, -0.15) is 22.0 Å². The van der Waals surface area contributed by atoms with Crippen molar-refractivity contribution >= 4 is 0 Å². The lowest BCUT2D eigenvalue weighted by Gasteiger charge is -2.41. The van der Waals surface area contributed by atoms with Crippen molar-refractivity contribution in [1.82, 2.24) is 0 Å². The van der Waals surface area contributed by atoms with E-state index >= 15 is 0 Å². The molecule has 1 aliphatic rings. The first-order chi connectivity index (χ1) is 14.4. The molecule has 4 unspecified atom stereocenters. The minimum absolute atomic E-state index is 0.0258. The summed E-state index contributed by atoms with van der Waals surface area (Å²) in [5, 5.41) is 29.8. The fraction of sp³-hybridized carbons (Fsp3) is 0.700. The standard InChI is InChI=1S/C20H26F7NO4/c1-17(2,3)28(20(26,27)18(21,22)19(23,24)25)9-12(29)10-32-16-6-4-5-11-7-14(30)15(31)8-13(11)16/h4-6,12,14-15,29-31H,7-10H2,1-3H3/p+1. The molecular weight excluding hydrogens is 451 g/mol. The molecule has 0 bridgehead atoms. The molecule has 1 aromatic carbocycles. The number of aliphatic hydroxyl groups excluding tert-OH is 3. The van der Waals surface area contributed by atoms with E-state index in [-0.39, 0.29) is 18.6 Å². The van der Waals surface area contributed by atoms with Crippen molar-refractivity contribution in [2.75, 3.05) is 13.2 Å². The summed E-state index contributed by atoms with van der Waals surface area (Å²) < 4.78 is 99.3. The minimum atomic E-state index is -6.48. The molecule has 1 aliphatic carbocycles. The fourth-order valence-corrected chi connectivity index (χ4v) is 3.63. The number of nitrogens with one attached hydrogen (secondary N) is 1. The molecule has 32 heavy (non-hydrogen) atoms. The Labute approximate surface area is 180 Å². The Morgan fingerprint density at radius 2 is 1.56 bits per heavy atom. The molecule has 0 spiro atoms. The van der Waals surface area contributed by atoms with E-state index in [1.165, 1.54) is 6.07 Å². The van der Waals surface area contributed by atoms with Crippen LogP contribution in [0.15, 0.2) is 18.2 Å². The number of quaternary nitrogens is 1. The third-order valence-electron chi connectivity index (χ3n) is 5.42. The van der Waals surface area contributed by atoms with Crippen LogP contribution >= 0.6 is 0 Å². The monoisotopic (exact) mass is 478 g/mol. The lowest BCUT2D eigenvalue weighted by Crippen LogP contribution is -3.27. The van der Waals surface area contributed by atoms with Gasteiger partial charge < -0.3 is 20.1 Å². The molecule has 0 amide bonds. The summed E-state index contributed by atoms with van der Waals surface area (Å²) in [7, 11) is 0. The zero-order chi connectivity index (χ0) is 24.7. The van der Waals surface area contributed by atoms with Crippen molar-refractivity contribution in [2.24, 2.45) is 0 Å². The Morgan fingerprint density at radius 1 is 1.00 bits per heavy atom. The van der Waals surface area contributed by atoms with Gasteiger partial charge in [0.1, 0.15) is 25.0 Å². The van der Waals surface area contributed by atoms with Gasteiger partial charge in [0, 0.05) is 18.4 Å². The van der Waals surface area contributed by atoms with Crippen LogP contribution in [0.5, 0.6) is 5.75 Å². The third-order valence-corrected chi connectivity index (χ3v) is 5.42. The van der Waals surface area contributed by atoms with Crippen LogP contribution in [0.3, 0.4) is 0 Å². The Balaban J connectivity index is 2.18. The van der Waals surface area contributed by atoms with Gasteiger partial charge in [-0.25, -0.2) is 0 Å². The van der Waals surface area contributed by atoms with Crippen LogP contribution in [0.1, 0.15) is 31.9 Å². The summed E-state index contributed by atoms with van der Waals surface area (Å²) in [6, 6.07) is -0.845. The lowest BCUT2D eigenvalue weighted by molar-refractivity contribution is -1.04. The summed E-state index contributed by atoms with van der Waals surface area (Å²) in [6.45, 7) is 1.34. The van der Waals surface area contributed by atoms with Crippen LogP contribution in [0.25, 0.3) is 0 Å². The molecule has 0 heterocycles. The van der Waals surface area contributed by atoms with Crippen LogP contribution < -0.4 is 9.64 Å². The van der Waals surface area contributed by atoms with E-state index in [9.17, 15) is 46.1 Å². The van der Waals surface area contributed by atoms with Gasteiger partial charge in [-0.1, -0.05) is 12.1 Å². The molecule has 4 atom stereocenters. The highest BCUT2D eigenvalue weighted by Crippen LogP contribution is 2.44. The van der Waals surface area contributed by atoms with Crippen molar-refractivity contribution in [2.45, 2.75) is 75.6 Å². The number of alkyl halides is 7. The second-order valence-corrected chi connectivity index (χ2v) is 8.98. The van der Waals surface area contributed by atoms with Crippen molar-refractivity contribution in [1.29, 1.82) is 0 Å². The molecule has 1 aromatic rings. The van der Waals surface area contributed by atoms with Crippen molar-refractivity contribution < 1.29 is 55.7 Å². The molecule has 4 N–H and O–H groups in total. The van der Waals surface area contributed by atoms with Crippen molar-refractivity contribution in [3.63, 3.8) is 0 Å². The number of rotatable bonds is 7. The highest BCUT2D eigenvalue weighted by molar-refractivity contribution is 5.43. The average molecular weight is 478 g/mol. The molecule has 0 aliphatic heterocycles. The smallest absolute Gasteiger partial charge is 0.467 e. The van der Waals surface area contributed by atoms with Crippen LogP contribution in [0, 0.1) is 0 Å². The summed E-state index contributed by atoms with van der Waals surface area (Å²) in [5.41, 5.74) is -0.606. The highest BCUT2D eigenvalue weighted by atomic mass is 19.4. The Kier molecular flexibility index (Phi) is 7.45. The summed E-state index contributed by atoms with van der Waals surface area (Å²) in [4.78, 5) is -1.46. The maximum Gasteiger partial charge on any atom is 0.467 e. The Bertz CT molecular complexity index is 795. The number of benzene rings is 1. The van der Waals surface area contributed by atoms with E-state index in [1.54, 1.807) is 12.1 Å². The second kappa shape index (κ2) is 8.96. The molecular formula is C20H27F7NO4+. The molecule has 5 nitrogen and oxygen atoms in total. The number of fused-ring (bicyclic) bond motifs is 1. The number of halogens is 7. The molecule has 12 heteroatoms. The molecule has 0 saturated heterocycles. The van der Waals surface area contributed by atoms with E-state index in [2.05, 4.69) is 0 Å². The van der Waals surface area contributed by atoms with E-state index < -0.39 is 60.0 Å². The summed E-state index contributed by atoms with van der Waals surface area (Å²) >= 11 is 0. The maximum absolute atomic E-state index is 14.4. The quantitative estimate of drug-likeness (QED) is 0.356. The van der Waals surface area contributed by atoms with Crippen LogP contribution in [0.4, 0.5) is 30.7 Å². The summed E-state index contributed by atoms with van der Waals surface area (Å²) in [6.07, 6.45) is -10.2. The third kappa shape index (κ3) is 5.29. The average Bonchev–Trinajstić information content (AvgIpc) is 2.63.